The Bertz CT molecular complexity index is 880. The van der Waals surface area contributed by atoms with Crippen LogP contribution in [0, 0.1) is 0 Å². The van der Waals surface area contributed by atoms with Crippen LogP contribution in [-0.4, -0.2) is 31.6 Å². The summed E-state index contributed by atoms with van der Waals surface area (Å²) < 4.78 is 5.15. The van der Waals surface area contributed by atoms with Crippen LogP contribution in [0.1, 0.15) is 15.9 Å². The van der Waals surface area contributed by atoms with Gasteiger partial charge in [0.2, 0.25) is 0 Å². The number of aromatic nitrogens is 1. The first kappa shape index (κ1) is 18.5. The third-order valence-electron chi connectivity index (χ3n) is 4.38. The minimum absolute atomic E-state index is 0.126. The Morgan fingerprint density at radius 1 is 1.04 bits per heavy atom. The third kappa shape index (κ3) is 4.85. The highest BCUT2D eigenvalue weighted by Gasteiger charge is 2.10. The van der Waals surface area contributed by atoms with Crippen LogP contribution < -0.4 is 15.0 Å². The Morgan fingerprint density at radius 3 is 2.48 bits per heavy atom. The number of para-hydroxylation sites is 1. The van der Waals surface area contributed by atoms with Gasteiger partial charge in [0.05, 0.1) is 24.6 Å². The standard InChI is InChI=1S/C22H23N3O2/c1-25(19-6-4-3-5-7-19)20-14-18(15-23-16-20)22(26)24-13-12-17-8-10-21(27-2)11-9-17/h3-11,14-16H,12-13H2,1-2H3,(H,24,26). The van der Waals surface area contributed by atoms with Gasteiger partial charge in [-0.3, -0.25) is 9.78 Å². The number of hydrogen-bond acceptors (Lipinski definition) is 4. The van der Waals surface area contributed by atoms with Crippen LogP contribution in [0.15, 0.2) is 73.1 Å². The van der Waals surface area contributed by atoms with E-state index in [1.165, 1.54) is 0 Å². The van der Waals surface area contributed by atoms with Gasteiger partial charge in [-0.05, 0) is 42.3 Å². The lowest BCUT2D eigenvalue weighted by Crippen LogP contribution is -2.26. The van der Waals surface area contributed by atoms with Crippen LogP contribution in [0.3, 0.4) is 0 Å². The lowest BCUT2D eigenvalue weighted by atomic mass is 10.1. The van der Waals surface area contributed by atoms with Gasteiger partial charge in [0.15, 0.2) is 0 Å². The summed E-state index contributed by atoms with van der Waals surface area (Å²) in [4.78, 5) is 18.7. The molecule has 0 radical (unpaired) electrons. The second-order valence-corrected chi connectivity index (χ2v) is 6.18. The summed E-state index contributed by atoms with van der Waals surface area (Å²) in [5.41, 5.74) is 3.59. The summed E-state index contributed by atoms with van der Waals surface area (Å²) in [6, 6.07) is 19.7. The number of benzene rings is 2. The molecule has 0 fully saturated rings. The number of carbonyl (C=O) groups excluding carboxylic acids is 1. The Morgan fingerprint density at radius 2 is 1.78 bits per heavy atom. The number of rotatable bonds is 7. The fraction of sp³-hybridized carbons (Fsp3) is 0.182. The Balaban J connectivity index is 1.59. The molecule has 0 aliphatic heterocycles. The van der Waals surface area contributed by atoms with Crippen molar-refractivity contribution < 1.29 is 9.53 Å². The SMILES string of the molecule is COc1ccc(CCNC(=O)c2cncc(N(C)c3ccccc3)c2)cc1. The smallest absolute Gasteiger partial charge is 0.252 e. The molecule has 0 aliphatic rings. The highest BCUT2D eigenvalue weighted by Crippen LogP contribution is 2.22. The van der Waals surface area contributed by atoms with Crippen LogP contribution in [0.25, 0.3) is 0 Å². The molecule has 0 aliphatic carbocycles. The van der Waals surface area contributed by atoms with E-state index >= 15 is 0 Å². The Labute approximate surface area is 159 Å². The normalized spacial score (nSPS) is 10.3. The van der Waals surface area contributed by atoms with E-state index in [0.717, 1.165) is 29.1 Å². The van der Waals surface area contributed by atoms with Gasteiger partial charge in [-0.15, -0.1) is 0 Å². The van der Waals surface area contributed by atoms with Crippen molar-refractivity contribution >= 4 is 17.3 Å². The molecule has 5 nitrogen and oxygen atoms in total. The molecule has 138 valence electrons. The first-order valence-corrected chi connectivity index (χ1v) is 8.82. The van der Waals surface area contributed by atoms with Crippen molar-refractivity contribution in [3.05, 3.63) is 84.2 Å². The van der Waals surface area contributed by atoms with Gasteiger partial charge in [-0.25, -0.2) is 0 Å². The molecule has 3 rings (SSSR count). The van der Waals surface area contributed by atoms with E-state index in [1.54, 1.807) is 19.5 Å². The van der Waals surface area contributed by atoms with Gasteiger partial charge in [-0.2, -0.15) is 0 Å². The predicted octanol–water partition coefficient (Wildman–Crippen LogP) is 3.83. The monoisotopic (exact) mass is 361 g/mol. The zero-order valence-corrected chi connectivity index (χ0v) is 15.6. The highest BCUT2D eigenvalue weighted by atomic mass is 16.5. The fourth-order valence-corrected chi connectivity index (χ4v) is 2.75. The van der Waals surface area contributed by atoms with E-state index < -0.39 is 0 Å². The lowest BCUT2D eigenvalue weighted by Gasteiger charge is -2.19. The number of methoxy groups -OCH3 is 1. The van der Waals surface area contributed by atoms with E-state index in [-0.39, 0.29) is 5.91 Å². The number of carbonyl (C=O) groups is 1. The highest BCUT2D eigenvalue weighted by molar-refractivity contribution is 5.94. The first-order valence-electron chi connectivity index (χ1n) is 8.82. The van der Waals surface area contributed by atoms with Crippen LogP contribution in [0.2, 0.25) is 0 Å². The number of amides is 1. The van der Waals surface area contributed by atoms with Gasteiger partial charge in [0, 0.05) is 25.5 Å². The summed E-state index contributed by atoms with van der Waals surface area (Å²) in [5.74, 6) is 0.701. The molecule has 3 aromatic rings. The average Bonchev–Trinajstić information content (AvgIpc) is 2.74. The van der Waals surface area contributed by atoms with Crippen molar-refractivity contribution in [2.24, 2.45) is 0 Å². The van der Waals surface area contributed by atoms with Gasteiger partial charge >= 0.3 is 0 Å². The maximum atomic E-state index is 12.5. The van der Waals surface area contributed by atoms with Crippen molar-refractivity contribution in [2.45, 2.75) is 6.42 Å². The summed E-state index contributed by atoms with van der Waals surface area (Å²) in [6.07, 6.45) is 4.10. The molecule has 1 aromatic heterocycles. The average molecular weight is 361 g/mol. The predicted molar refractivity (Wildman–Crippen MR) is 108 cm³/mol. The molecule has 0 saturated carbocycles. The van der Waals surface area contributed by atoms with E-state index in [2.05, 4.69) is 10.3 Å². The summed E-state index contributed by atoms with van der Waals surface area (Å²) in [5, 5.41) is 2.95. The van der Waals surface area contributed by atoms with Crippen molar-refractivity contribution in [3.8, 4) is 5.75 Å². The van der Waals surface area contributed by atoms with E-state index in [0.29, 0.717) is 12.1 Å². The van der Waals surface area contributed by atoms with Crippen LogP contribution >= 0.6 is 0 Å². The van der Waals surface area contributed by atoms with E-state index in [1.807, 2.05) is 72.6 Å². The molecule has 2 aromatic carbocycles. The van der Waals surface area contributed by atoms with Gasteiger partial charge in [-0.1, -0.05) is 30.3 Å². The summed E-state index contributed by atoms with van der Waals surface area (Å²) in [6.45, 7) is 0.559. The van der Waals surface area contributed by atoms with E-state index in [4.69, 9.17) is 4.74 Å². The molecule has 0 spiro atoms. The summed E-state index contributed by atoms with van der Waals surface area (Å²) in [7, 11) is 3.60. The lowest BCUT2D eigenvalue weighted by molar-refractivity contribution is 0.0954. The van der Waals surface area contributed by atoms with Gasteiger partial charge in [0.1, 0.15) is 5.75 Å². The molecule has 1 amide bonds. The molecule has 1 heterocycles. The van der Waals surface area contributed by atoms with Crippen LogP contribution in [0.4, 0.5) is 11.4 Å². The molecule has 5 heteroatoms. The van der Waals surface area contributed by atoms with Crippen molar-refractivity contribution in [1.82, 2.24) is 10.3 Å². The largest absolute Gasteiger partial charge is 0.497 e. The number of pyridine rings is 1. The zero-order valence-electron chi connectivity index (χ0n) is 15.6. The maximum Gasteiger partial charge on any atom is 0.252 e. The van der Waals surface area contributed by atoms with Crippen molar-refractivity contribution in [2.75, 3.05) is 25.6 Å². The third-order valence-corrected chi connectivity index (χ3v) is 4.38. The minimum atomic E-state index is -0.126. The number of anilines is 2. The second kappa shape index (κ2) is 8.85. The first-order chi connectivity index (χ1) is 13.2. The number of nitrogens with one attached hydrogen (secondary N) is 1. The maximum absolute atomic E-state index is 12.5. The minimum Gasteiger partial charge on any atom is -0.497 e. The number of ether oxygens (including phenoxy) is 1. The molecule has 0 bridgehead atoms. The molecular formula is C22H23N3O2. The Hall–Kier alpha value is -3.34. The van der Waals surface area contributed by atoms with Crippen molar-refractivity contribution in [1.29, 1.82) is 0 Å². The summed E-state index contributed by atoms with van der Waals surface area (Å²) >= 11 is 0. The van der Waals surface area contributed by atoms with Crippen molar-refractivity contribution in [3.63, 3.8) is 0 Å². The second-order valence-electron chi connectivity index (χ2n) is 6.18. The van der Waals surface area contributed by atoms with Gasteiger partial charge in [0.25, 0.3) is 5.91 Å². The topological polar surface area (TPSA) is 54.5 Å². The quantitative estimate of drug-likeness (QED) is 0.695. The van der Waals surface area contributed by atoms with Crippen LogP contribution in [-0.2, 0) is 6.42 Å². The molecule has 1 N–H and O–H groups in total. The molecule has 0 atom stereocenters. The van der Waals surface area contributed by atoms with Gasteiger partial charge < -0.3 is 15.0 Å². The molecule has 0 unspecified atom stereocenters. The van der Waals surface area contributed by atoms with Crippen LogP contribution in [0.5, 0.6) is 5.75 Å². The zero-order chi connectivity index (χ0) is 19.1. The Kier molecular flexibility index (Phi) is 6.05. The van der Waals surface area contributed by atoms with E-state index in [9.17, 15) is 4.79 Å². The number of hydrogen-bond donors (Lipinski definition) is 1. The molecule has 0 saturated heterocycles. The molecular weight excluding hydrogens is 338 g/mol. The fourth-order valence-electron chi connectivity index (χ4n) is 2.75. The molecule has 27 heavy (non-hydrogen) atoms. The number of nitrogens with zero attached hydrogens (tertiary/aromatic N) is 2.